The van der Waals surface area contributed by atoms with Crippen molar-refractivity contribution in [3.8, 4) is 0 Å². The van der Waals surface area contributed by atoms with E-state index in [1.807, 2.05) is 0 Å². The number of aliphatic hydroxyl groups is 1. The van der Waals surface area contributed by atoms with E-state index in [-0.39, 0.29) is 11.9 Å². The van der Waals surface area contributed by atoms with Gasteiger partial charge in [-0.15, -0.1) is 0 Å². The van der Waals surface area contributed by atoms with Crippen molar-refractivity contribution in [2.45, 2.75) is 57.1 Å². The maximum Gasteiger partial charge on any atom is 0.237 e. The van der Waals surface area contributed by atoms with Gasteiger partial charge in [0.2, 0.25) is 5.91 Å². The Morgan fingerprint density at radius 2 is 2.29 bits per heavy atom. The largest absolute Gasteiger partial charge is 0.388 e. The molecule has 2 aliphatic rings. The van der Waals surface area contributed by atoms with Gasteiger partial charge in [-0.25, -0.2) is 0 Å². The summed E-state index contributed by atoms with van der Waals surface area (Å²) in [5, 5.41) is 16.5. The van der Waals surface area contributed by atoms with Crippen LogP contribution in [0.4, 0.5) is 0 Å². The Morgan fingerprint density at radius 3 is 2.94 bits per heavy atom. The van der Waals surface area contributed by atoms with E-state index in [1.54, 1.807) is 0 Å². The molecule has 1 saturated heterocycles. The molecule has 0 radical (unpaired) electrons. The second-order valence-corrected chi connectivity index (χ2v) is 5.79. The Bertz CT molecular complexity index is 277. The lowest BCUT2D eigenvalue weighted by Gasteiger charge is -2.35. The number of carbonyl (C=O) groups excluding carboxylic acids is 1. The van der Waals surface area contributed by atoms with E-state index in [1.165, 1.54) is 6.42 Å². The third-order valence-electron chi connectivity index (χ3n) is 4.04. The van der Waals surface area contributed by atoms with Crippen molar-refractivity contribution in [3.05, 3.63) is 0 Å². The van der Waals surface area contributed by atoms with Crippen LogP contribution in [0.1, 0.15) is 45.4 Å². The molecule has 1 heterocycles. The number of nitrogens with one attached hydrogen (secondary N) is 2. The molecule has 1 aliphatic heterocycles. The molecule has 0 spiro atoms. The Hall–Kier alpha value is -0.610. The topological polar surface area (TPSA) is 61.4 Å². The second kappa shape index (κ2) is 5.36. The molecule has 4 nitrogen and oxygen atoms in total. The third-order valence-corrected chi connectivity index (χ3v) is 4.04. The minimum absolute atomic E-state index is 0.0420. The monoisotopic (exact) mass is 240 g/mol. The van der Waals surface area contributed by atoms with Crippen LogP contribution in [0.5, 0.6) is 0 Å². The van der Waals surface area contributed by atoms with Crippen molar-refractivity contribution < 1.29 is 9.90 Å². The summed E-state index contributed by atoms with van der Waals surface area (Å²) < 4.78 is 0. The zero-order chi connectivity index (χ0) is 12.3. The van der Waals surface area contributed by atoms with Crippen molar-refractivity contribution in [1.29, 1.82) is 0 Å². The predicted molar refractivity (Wildman–Crippen MR) is 66.6 cm³/mol. The van der Waals surface area contributed by atoms with Crippen LogP contribution in [-0.2, 0) is 4.79 Å². The minimum atomic E-state index is -0.675. The molecule has 1 aliphatic carbocycles. The molecule has 98 valence electrons. The summed E-state index contributed by atoms with van der Waals surface area (Å²) in [6, 6.07) is -0.0420. The smallest absolute Gasteiger partial charge is 0.237 e. The molecule has 17 heavy (non-hydrogen) atoms. The Morgan fingerprint density at radius 1 is 1.47 bits per heavy atom. The number of hydrogen-bond acceptors (Lipinski definition) is 3. The van der Waals surface area contributed by atoms with E-state index >= 15 is 0 Å². The predicted octanol–water partition coefficient (Wildman–Crippen LogP) is 0.796. The Kier molecular flexibility index (Phi) is 4.05. The van der Waals surface area contributed by atoms with Crippen LogP contribution in [0.3, 0.4) is 0 Å². The first-order valence-electron chi connectivity index (χ1n) is 6.82. The highest BCUT2D eigenvalue weighted by atomic mass is 16.3. The first kappa shape index (κ1) is 12.8. The van der Waals surface area contributed by atoms with E-state index in [0.29, 0.717) is 12.5 Å². The third kappa shape index (κ3) is 3.42. The zero-order valence-corrected chi connectivity index (χ0v) is 10.7. The van der Waals surface area contributed by atoms with E-state index in [4.69, 9.17) is 0 Å². The molecule has 1 amide bonds. The van der Waals surface area contributed by atoms with E-state index in [9.17, 15) is 9.90 Å². The molecule has 0 aromatic carbocycles. The summed E-state index contributed by atoms with van der Waals surface area (Å²) in [5.74, 6) is 0.615. The fourth-order valence-electron chi connectivity index (χ4n) is 3.08. The molecule has 1 saturated carbocycles. The molecule has 0 aromatic rings. The molecule has 3 N–H and O–H groups in total. The number of hydrogen-bond donors (Lipinski definition) is 3. The van der Waals surface area contributed by atoms with Gasteiger partial charge in [-0.3, -0.25) is 4.79 Å². The van der Waals surface area contributed by atoms with Gasteiger partial charge < -0.3 is 15.7 Å². The number of carbonyl (C=O) groups is 1. The molecule has 2 fully saturated rings. The van der Waals surface area contributed by atoms with Crippen LogP contribution < -0.4 is 10.6 Å². The van der Waals surface area contributed by atoms with Gasteiger partial charge in [0.1, 0.15) is 0 Å². The van der Waals surface area contributed by atoms with Crippen molar-refractivity contribution >= 4 is 5.91 Å². The molecule has 4 heteroatoms. The first-order valence-corrected chi connectivity index (χ1v) is 6.82. The van der Waals surface area contributed by atoms with Gasteiger partial charge >= 0.3 is 0 Å². The van der Waals surface area contributed by atoms with Gasteiger partial charge in [0, 0.05) is 6.54 Å². The summed E-state index contributed by atoms with van der Waals surface area (Å²) in [5.41, 5.74) is -0.675. The van der Waals surface area contributed by atoms with E-state index in [0.717, 1.165) is 38.6 Å². The Balaban J connectivity index is 1.78. The molecule has 0 bridgehead atoms. The van der Waals surface area contributed by atoms with Gasteiger partial charge in [0.15, 0.2) is 0 Å². The highest BCUT2D eigenvalue weighted by molar-refractivity contribution is 5.82. The minimum Gasteiger partial charge on any atom is -0.388 e. The van der Waals surface area contributed by atoms with E-state index < -0.39 is 5.60 Å². The highest BCUT2D eigenvalue weighted by Gasteiger charge is 2.33. The van der Waals surface area contributed by atoms with Crippen LogP contribution in [0.2, 0.25) is 0 Å². The number of amides is 1. The van der Waals surface area contributed by atoms with Crippen LogP contribution in [0, 0.1) is 5.92 Å². The number of rotatable bonds is 3. The average Bonchev–Trinajstić information content (AvgIpc) is 2.79. The van der Waals surface area contributed by atoms with Crippen molar-refractivity contribution in [2.75, 3.05) is 13.1 Å². The molecule has 3 atom stereocenters. The maximum absolute atomic E-state index is 11.8. The van der Waals surface area contributed by atoms with E-state index in [2.05, 4.69) is 17.6 Å². The second-order valence-electron chi connectivity index (χ2n) is 5.79. The van der Waals surface area contributed by atoms with Gasteiger partial charge in [0.25, 0.3) is 0 Å². The summed E-state index contributed by atoms with van der Waals surface area (Å²) >= 11 is 0. The standard InChI is InChI=1S/C13H24N2O2/c1-10-4-2-6-13(17,8-10)9-15-12(16)11-5-3-7-14-11/h10-11,14,17H,2-9H2,1H3,(H,15,16)/t10?,11-,13?/m0/s1. The first-order chi connectivity index (χ1) is 8.09. The van der Waals surface area contributed by atoms with Gasteiger partial charge in [-0.2, -0.15) is 0 Å². The summed E-state index contributed by atoms with van der Waals surface area (Å²) in [4.78, 5) is 11.8. The summed E-state index contributed by atoms with van der Waals surface area (Å²) in [6.07, 6.45) is 5.87. The lowest BCUT2D eigenvalue weighted by molar-refractivity contribution is -0.124. The maximum atomic E-state index is 11.8. The molecule has 2 unspecified atom stereocenters. The highest BCUT2D eigenvalue weighted by Crippen LogP contribution is 2.31. The van der Waals surface area contributed by atoms with Crippen LogP contribution >= 0.6 is 0 Å². The lowest BCUT2D eigenvalue weighted by atomic mass is 9.79. The SMILES string of the molecule is CC1CCCC(O)(CNC(=O)[C@@H]2CCCN2)C1. The zero-order valence-electron chi connectivity index (χ0n) is 10.7. The summed E-state index contributed by atoms with van der Waals surface area (Å²) in [6.45, 7) is 3.51. The molecule has 0 aromatic heterocycles. The fourth-order valence-corrected chi connectivity index (χ4v) is 3.08. The quantitative estimate of drug-likeness (QED) is 0.683. The van der Waals surface area contributed by atoms with Crippen molar-refractivity contribution in [3.63, 3.8) is 0 Å². The van der Waals surface area contributed by atoms with Crippen LogP contribution in [-0.4, -0.2) is 35.7 Å². The van der Waals surface area contributed by atoms with Crippen molar-refractivity contribution in [2.24, 2.45) is 5.92 Å². The van der Waals surface area contributed by atoms with Crippen molar-refractivity contribution in [1.82, 2.24) is 10.6 Å². The fraction of sp³-hybridized carbons (Fsp3) is 0.923. The normalized spacial score (nSPS) is 38.0. The van der Waals surface area contributed by atoms with Gasteiger partial charge in [-0.05, 0) is 38.1 Å². The summed E-state index contributed by atoms with van der Waals surface area (Å²) in [7, 11) is 0. The molecular formula is C13H24N2O2. The average molecular weight is 240 g/mol. The molecule has 2 rings (SSSR count). The Labute approximate surface area is 103 Å². The van der Waals surface area contributed by atoms with Gasteiger partial charge in [0.05, 0.1) is 11.6 Å². The molecular weight excluding hydrogens is 216 g/mol. The lowest BCUT2D eigenvalue weighted by Crippen LogP contribution is -2.49. The van der Waals surface area contributed by atoms with Crippen LogP contribution in [0.25, 0.3) is 0 Å². The van der Waals surface area contributed by atoms with Gasteiger partial charge in [-0.1, -0.05) is 19.8 Å². The van der Waals surface area contributed by atoms with Crippen LogP contribution in [0.15, 0.2) is 0 Å².